The molecule has 0 bridgehead atoms. The van der Waals surface area contributed by atoms with Crippen molar-refractivity contribution in [2.24, 2.45) is 0 Å². The SMILES string of the molecule is CCCC/C(C)=C/[C@H](CCC/C(C)=C/CCI)OC(C)OC. The third-order valence-electron chi connectivity index (χ3n) is 3.76. The molecule has 0 rings (SSSR count). The Morgan fingerprint density at radius 3 is 2.41 bits per heavy atom. The lowest BCUT2D eigenvalue weighted by atomic mass is 10.0. The van der Waals surface area contributed by atoms with Gasteiger partial charge in [-0.1, -0.05) is 59.2 Å². The molecule has 0 aliphatic heterocycles. The highest BCUT2D eigenvalue weighted by Gasteiger charge is 2.11. The van der Waals surface area contributed by atoms with Crippen molar-refractivity contribution in [3.05, 3.63) is 23.3 Å². The fourth-order valence-corrected chi connectivity index (χ4v) is 2.65. The van der Waals surface area contributed by atoms with Gasteiger partial charge in [0.15, 0.2) is 6.29 Å². The summed E-state index contributed by atoms with van der Waals surface area (Å²) in [5.41, 5.74) is 2.94. The van der Waals surface area contributed by atoms with Gasteiger partial charge in [0.25, 0.3) is 0 Å². The van der Waals surface area contributed by atoms with Gasteiger partial charge in [0.1, 0.15) is 0 Å². The van der Waals surface area contributed by atoms with Crippen LogP contribution in [-0.2, 0) is 9.47 Å². The maximum atomic E-state index is 5.99. The van der Waals surface area contributed by atoms with E-state index in [-0.39, 0.29) is 12.4 Å². The number of methoxy groups -OCH3 is 1. The van der Waals surface area contributed by atoms with Crippen molar-refractivity contribution in [1.29, 1.82) is 0 Å². The van der Waals surface area contributed by atoms with Gasteiger partial charge in [-0.3, -0.25) is 0 Å². The second-order valence-electron chi connectivity index (χ2n) is 6.01. The molecule has 0 spiro atoms. The number of hydrogen-bond acceptors (Lipinski definition) is 2. The predicted molar refractivity (Wildman–Crippen MR) is 106 cm³/mol. The summed E-state index contributed by atoms with van der Waals surface area (Å²) in [5.74, 6) is 0. The van der Waals surface area contributed by atoms with Crippen LogP contribution in [0.5, 0.6) is 0 Å². The Morgan fingerprint density at radius 2 is 1.82 bits per heavy atom. The first-order valence-electron chi connectivity index (χ1n) is 8.60. The van der Waals surface area contributed by atoms with E-state index in [2.05, 4.69) is 55.5 Å². The van der Waals surface area contributed by atoms with Crippen LogP contribution in [0.2, 0.25) is 0 Å². The molecule has 0 aromatic carbocycles. The quantitative estimate of drug-likeness (QED) is 0.147. The maximum absolute atomic E-state index is 5.99. The molecule has 0 amide bonds. The van der Waals surface area contributed by atoms with Crippen molar-refractivity contribution >= 4 is 22.6 Å². The Bertz CT molecular complexity index is 323. The smallest absolute Gasteiger partial charge is 0.155 e. The topological polar surface area (TPSA) is 18.5 Å². The van der Waals surface area contributed by atoms with Crippen molar-refractivity contribution in [2.45, 2.75) is 85.0 Å². The highest BCUT2D eigenvalue weighted by Crippen LogP contribution is 2.17. The first-order valence-corrected chi connectivity index (χ1v) is 10.1. The number of alkyl halides is 1. The molecule has 22 heavy (non-hydrogen) atoms. The molecule has 0 N–H and O–H groups in total. The lowest BCUT2D eigenvalue weighted by Crippen LogP contribution is -2.20. The van der Waals surface area contributed by atoms with E-state index in [1.165, 1.54) is 54.1 Å². The van der Waals surface area contributed by atoms with Gasteiger partial charge >= 0.3 is 0 Å². The number of hydrogen-bond donors (Lipinski definition) is 0. The van der Waals surface area contributed by atoms with E-state index in [0.717, 1.165) is 6.42 Å². The van der Waals surface area contributed by atoms with E-state index in [9.17, 15) is 0 Å². The Kier molecular flexibility index (Phi) is 14.8. The highest BCUT2D eigenvalue weighted by molar-refractivity contribution is 14.1. The first-order chi connectivity index (χ1) is 10.5. The molecule has 0 aromatic rings. The van der Waals surface area contributed by atoms with Gasteiger partial charge in [-0.25, -0.2) is 0 Å². The van der Waals surface area contributed by atoms with Crippen molar-refractivity contribution in [3.63, 3.8) is 0 Å². The van der Waals surface area contributed by atoms with E-state index in [1.54, 1.807) is 7.11 Å². The largest absolute Gasteiger partial charge is 0.356 e. The summed E-state index contributed by atoms with van der Waals surface area (Å²) in [6, 6.07) is 0. The fraction of sp³-hybridized carbons (Fsp3) is 0.789. The minimum atomic E-state index is -0.143. The molecule has 0 aliphatic carbocycles. The van der Waals surface area contributed by atoms with Crippen LogP contribution in [0.15, 0.2) is 23.3 Å². The molecule has 0 saturated carbocycles. The van der Waals surface area contributed by atoms with Gasteiger partial charge in [0.2, 0.25) is 0 Å². The number of rotatable bonds is 13. The monoisotopic (exact) mass is 422 g/mol. The van der Waals surface area contributed by atoms with Gasteiger partial charge in [0.05, 0.1) is 6.10 Å². The molecule has 0 fully saturated rings. The summed E-state index contributed by atoms with van der Waals surface area (Å²) in [7, 11) is 1.70. The number of halogens is 1. The zero-order chi connectivity index (χ0) is 16.8. The Balaban J connectivity index is 4.40. The van der Waals surface area contributed by atoms with Crippen molar-refractivity contribution in [2.75, 3.05) is 11.5 Å². The van der Waals surface area contributed by atoms with Crippen LogP contribution in [0.1, 0.15) is 72.6 Å². The number of ether oxygens (including phenoxy) is 2. The van der Waals surface area contributed by atoms with Crippen LogP contribution in [0, 0.1) is 0 Å². The average Bonchev–Trinajstić information content (AvgIpc) is 2.50. The van der Waals surface area contributed by atoms with E-state index in [0.29, 0.717) is 0 Å². The predicted octanol–water partition coefficient (Wildman–Crippen LogP) is 6.44. The molecule has 1 unspecified atom stereocenters. The van der Waals surface area contributed by atoms with E-state index in [1.807, 2.05) is 6.92 Å². The second kappa shape index (κ2) is 14.7. The van der Waals surface area contributed by atoms with Gasteiger partial charge in [-0.05, 0) is 59.3 Å². The molecule has 2 nitrogen and oxygen atoms in total. The van der Waals surface area contributed by atoms with Crippen molar-refractivity contribution < 1.29 is 9.47 Å². The van der Waals surface area contributed by atoms with Gasteiger partial charge in [-0.15, -0.1) is 0 Å². The molecule has 0 radical (unpaired) electrons. The standard InChI is InChI=1S/C19H35IO2/c1-6-7-10-17(3)15-19(22-18(4)21-5)13-8-11-16(2)12-9-14-20/h12,15,18-19H,6-11,13-14H2,1-5H3/b16-12+,17-15+/t18?,19-/m0/s1. The summed E-state index contributed by atoms with van der Waals surface area (Å²) in [5, 5.41) is 0. The molecule has 0 aromatic heterocycles. The molecule has 2 atom stereocenters. The summed E-state index contributed by atoms with van der Waals surface area (Å²) in [4.78, 5) is 0. The molecular weight excluding hydrogens is 387 g/mol. The van der Waals surface area contributed by atoms with Crippen LogP contribution in [0.4, 0.5) is 0 Å². The summed E-state index contributed by atoms with van der Waals surface area (Å²) in [6.45, 7) is 8.66. The van der Waals surface area contributed by atoms with E-state index < -0.39 is 0 Å². The lowest BCUT2D eigenvalue weighted by molar-refractivity contribution is -0.133. The summed E-state index contributed by atoms with van der Waals surface area (Å²) < 4.78 is 12.5. The molecular formula is C19H35IO2. The van der Waals surface area contributed by atoms with Crippen molar-refractivity contribution in [3.8, 4) is 0 Å². The van der Waals surface area contributed by atoms with Gasteiger partial charge in [0, 0.05) is 11.5 Å². The third-order valence-corrected chi connectivity index (χ3v) is 4.38. The van der Waals surface area contributed by atoms with Gasteiger partial charge in [-0.2, -0.15) is 0 Å². The average molecular weight is 422 g/mol. The Hall–Kier alpha value is 0.130. The van der Waals surface area contributed by atoms with E-state index >= 15 is 0 Å². The molecule has 130 valence electrons. The minimum Gasteiger partial charge on any atom is -0.356 e. The third kappa shape index (κ3) is 12.7. The normalized spacial score (nSPS) is 15.9. The van der Waals surface area contributed by atoms with Crippen LogP contribution >= 0.6 is 22.6 Å². The molecule has 3 heteroatoms. The lowest BCUT2D eigenvalue weighted by Gasteiger charge is -2.20. The number of unbranched alkanes of at least 4 members (excludes halogenated alkanes) is 1. The fourth-order valence-electron chi connectivity index (χ4n) is 2.33. The molecule has 0 heterocycles. The molecule has 0 aliphatic rings. The zero-order valence-corrected chi connectivity index (χ0v) is 17.3. The second-order valence-corrected chi connectivity index (χ2v) is 7.09. The molecule has 0 saturated heterocycles. The van der Waals surface area contributed by atoms with Crippen LogP contribution in [-0.4, -0.2) is 23.9 Å². The van der Waals surface area contributed by atoms with E-state index in [4.69, 9.17) is 9.47 Å². The highest BCUT2D eigenvalue weighted by atomic mass is 127. The summed E-state index contributed by atoms with van der Waals surface area (Å²) >= 11 is 2.42. The van der Waals surface area contributed by atoms with Gasteiger partial charge < -0.3 is 9.47 Å². The minimum absolute atomic E-state index is 0.143. The van der Waals surface area contributed by atoms with Crippen molar-refractivity contribution in [1.82, 2.24) is 0 Å². The number of allylic oxidation sites excluding steroid dienone is 3. The first kappa shape index (κ1) is 22.1. The Morgan fingerprint density at radius 1 is 1.14 bits per heavy atom. The Labute approximate surface area is 151 Å². The summed E-state index contributed by atoms with van der Waals surface area (Å²) in [6.07, 6.45) is 12.9. The maximum Gasteiger partial charge on any atom is 0.155 e. The zero-order valence-electron chi connectivity index (χ0n) is 15.2. The van der Waals surface area contributed by atoms with Crippen LogP contribution in [0.3, 0.4) is 0 Å². The van der Waals surface area contributed by atoms with Crippen LogP contribution < -0.4 is 0 Å². The van der Waals surface area contributed by atoms with Crippen LogP contribution in [0.25, 0.3) is 0 Å².